The summed E-state index contributed by atoms with van der Waals surface area (Å²) < 4.78 is 0. The van der Waals surface area contributed by atoms with Crippen molar-refractivity contribution in [2.75, 3.05) is 0 Å². The summed E-state index contributed by atoms with van der Waals surface area (Å²) in [4.78, 5) is 0. The van der Waals surface area contributed by atoms with Crippen LogP contribution in [0.3, 0.4) is 0 Å². The summed E-state index contributed by atoms with van der Waals surface area (Å²) in [5.74, 6) is 0. The van der Waals surface area contributed by atoms with Gasteiger partial charge in [-0.05, 0) is 22.0 Å². The monoisotopic (exact) mass is 366 g/mol. The van der Waals surface area contributed by atoms with Gasteiger partial charge in [-0.25, -0.2) is 0 Å². The Morgan fingerprint density at radius 2 is 1.11 bits per heavy atom. The minimum Gasteiger partial charge on any atom is -0.0790 e. The molecule has 0 amide bonds. The lowest BCUT2D eigenvalue weighted by Crippen LogP contribution is -2.69. The van der Waals surface area contributed by atoms with E-state index < -0.39 is 8.07 Å². The molecule has 1 unspecified atom stereocenters. The Hall–Kier alpha value is -2.64. The fraction of sp³-hybridized carbons (Fsp3) is 0.154. The van der Waals surface area contributed by atoms with E-state index in [2.05, 4.69) is 116 Å². The van der Waals surface area contributed by atoms with Crippen molar-refractivity contribution in [3.8, 4) is 0 Å². The smallest absolute Gasteiger partial charge is 0.0790 e. The minimum atomic E-state index is -2.25. The second-order valence-electron chi connectivity index (χ2n) is 7.26. The van der Waals surface area contributed by atoms with Crippen LogP contribution >= 0.6 is 0 Å². The molecule has 134 valence electrons. The molecule has 0 N–H and O–H groups in total. The molecule has 1 heteroatoms. The Bertz CT molecular complexity index is 827. The van der Waals surface area contributed by atoms with Gasteiger partial charge in [0.25, 0.3) is 0 Å². The van der Waals surface area contributed by atoms with Gasteiger partial charge in [-0.3, -0.25) is 0 Å². The topological polar surface area (TPSA) is 0 Å². The predicted octanol–water partition coefficient (Wildman–Crippen LogP) is 4.82. The maximum atomic E-state index is 2.46. The molecule has 0 saturated heterocycles. The van der Waals surface area contributed by atoms with E-state index in [0.29, 0.717) is 5.54 Å². The molecule has 0 heterocycles. The van der Waals surface area contributed by atoms with Gasteiger partial charge in [0.05, 0.1) is 0 Å². The van der Waals surface area contributed by atoms with Crippen molar-refractivity contribution in [1.29, 1.82) is 0 Å². The largest absolute Gasteiger partial charge is 0.158 e. The normalized spacial score (nSPS) is 16.3. The van der Waals surface area contributed by atoms with Gasteiger partial charge in [-0.2, -0.15) is 0 Å². The number of rotatable bonds is 6. The first kappa shape index (κ1) is 17.8. The van der Waals surface area contributed by atoms with Gasteiger partial charge in [0.15, 0.2) is 8.07 Å². The van der Waals surface area contributed by atoms with Crippen LogP contribution in [0.4, 0.5) is 0 Å². The maximum absolute atomic E-state index is 2.46. The van der Waals surface area contributed by atoms with Crippen LogP contribution in [0.5, 0.6) is 0 Å². The Kier molecular flexibility index (Phi) is 5.22. The molecular weight excluding hydrogens is 340 g/mol. The van der Waals surface area contributed by atoms with E-state index in [1.165, 1.54) is 28.4 Å². The van der Waals surface area contributed by atoms with Gasteiger partial charge < -0.3 is 0 Å². The summed E-state index contributed by atoms with van der Waals surface area (Å²) in [5, 5.41) is 4.46. The molecular formula is C26H26Si. The number of hydrogen-bond acceptors (Lipinski definition) is 0. The van der Waals surface area contributed by atoms with Crippen molar-refractivity contribution >= 4 is 23.6 Å². The lowest BCUT2D eigenvalue weighted by molar-refractivity contribution is 0.880. The van der Waals surface area contributed by atoms with Crippen LogP contribution in [0.2, 0.25) is 5.54 Å². The molecule has 3 aromatic rings. The highest BCUT2D eigenvalue weighted by Gasteiger charge is 2.47. The molecule has 0 radical (unpaired) electrons. The highest BCUT2D eigenvalue weighted by Crippen LogP contribution is 2.37. The fourth-order valence-electron chi connectivity index (χ4n) is 4.61. The van der Waals surface area contributed by atoms with Crippen molar-refractivity contribution in [2.45, 2.75) is 25.3 Å². The van der Waals surface area contributed by atoms with Gasteiger partial charge in [0, 0.05) is 5.54 Å². The molecule has 0 saturated carbocycles. The van der Waals surface area contributed by atoms with E-state index in [1.807, 2.05) is 0 Å². The summed E-state index contributed by atoms with van der Waals surface area (Å²) in [5.41, 5.74) is 2.05. The fourth-order valence-corrected chi connectivity index (χ4v) is 10.0. The van der Waals surface area contributed by atoms with Crippen LogP contribution in [0.15, 0.2) is 115 Å². The van der Waals surface area contributed by atoms with E-state index in [4.69, 9.17) is 0 Å². The van der Waals surface area contributed by atoms with Crippen molar-refractivity contribution in [3.63, 3.8) is 0 Å². The van der Waals surface area contributed by atoms with E-state index >= 15 is 0 Å². The Balaban J connectivity index is 2.04. The summed E-state index contributed by atoms with van der Waals surface area (Å²) in [7, 11) is -2.25. The minimum absolute atomic E-state index is 0.463. The maximum Gasteiger partial charge on any atom is 0.158 e. The van der Waals surface area contributed by atoms with E-state index in [1.54, 1.807) is 5.57 Å². The average Bonchev–Trinajstić information content (AvgIpc) is 3.20. The van der Waals surface area contributed by atoms with Crippen LogP contribution in [0.25, 0.3) is 0 Å². The van der Waals surface area contributed by atoms with Gasteiger partial charge >= 0.3 is 0 Å². The average molecular weight is 367 g/mol. The standard InChI is InChI=1S/C26H26Si/c1-2-13-22-14-12-21-26(22)27(23-15-6-3-7-16-23,24-17-8-4-9-18-24)25-19-10-5-11-20-25/h3-12,14-21,26H,2,13H2,1H3. The van der Waals surface area contributed by atoms with Crippen LogP contribution in [-0.2, 0) is 0 Å². The first-order chi connectivity index (χ1) is 13.4. The lowest BCUT2D eigenvalue weighted by atomic mass is 10.1. The summed E-state index contributed by atoms with van der Waals surface area (Å²) in [6.07, 6.45) is 9.47. The van der Waals surface area contributed by atoms with Crippen LogP contribution in [0.1, 0.15) is 19.8 Å². The van der Waals surface area contributed by atoms with Gasteiger partial charge in [-0.1, -0.05) is 128 Å². The van der Waals surface area contributed by atoms with Gasteiger partial charge in [-0.15, -0.1) is 0 Å². The molecule has 0 aliphatic heterocycles. The third-order valence-electron chi connectivity index (χ3n) is 5.71. The second-order valence-corrected chi connectivity index (χ2v) is 11.2. The van der Waals surface area contributed by atoms with Crippen molar-refractivity contribution < 1.29 is 0 Å². The highest BCUT2D eigenvalue weighted by atomic mass is 28.3. The zero-order chi connectivity index (χ0) is 18.5. The van der Waals surface area contributed by atoms with E-state index in [9.17, 15) is 0 Å². The summed E-state index contributed by atoms with van der Waals surface area (Å²) >= 11 is 0. The third kappa shape index (κ3) is 3.13. The van der Waals surface area contributed by atoms with Gasteiger partial charge in [0.2, 0.25) is 0 Å². The molecule has 0 nitrogen and oxygen atoms in total. The number of allylic oxidation sites excluding steroid dienone is 4. The highest BCUT2D eigenvalue weighted by molar-refractivity contribution is 7.13. The zero-order valence-electron chi connectivity index (χ0n) is 15.9. The summed E-state index contributed by atoms with van der Waals surface area (Å²) in [6.45, 7) is 2.28. The molecule has 1 aliphatic rings. The van der Waals surface area contributed by atoms with Gasteiger partial charge in [0.1, 0.15) is 0 Å². The third-order valence-corrected chi connectivity index (χ3v) is 10.9. The summed E-state index contributed by atoms with van der Waals surface area (Å²) in [6, 6.07) is 33.7. The Morgan fingerprint density at radius 1 is 0.667 bits per heavy atom. The molecule has 1 aliphatic carbocycles. The van der Waals surface area contributed by atoms with Crippen LogP contribution in [0, 0.1) is 0 Å². The molecule has 0 bridgehead atoms. The quantitative estimate of drug-likeness (QED) is 0.433. The van der Waals surface area contributed by atoms with Crippen molar-refractivity contribution in [2.24, 2.45) is 0 Å². The van der Waals surface area contributed by atoms with Crippen LogP contribution < -0.4 is 15.6 Å². The molecule has 0 aromatic heterocycles. The van der Waals surface area contributed by atoms with E-state index in [-0.39, 0.29) is 0 Å². The molecule has 4 rings (SSSR count). The van der Waals surface area contributed by atoms with Crippen molar-refractivity contribution in [1.82, 2.24) is 0 Å². The first-order valence-corrected chi connectivity index (χ1v) is 12.0. The molecule has 1 atom stereocenters. The molecule has 27 heavy (non-hydrogen) atoms. The first-order valence-electron chi connectivity index (χ1n) is 9.91. The lowest BCUT2D eigenvalue weighted by Gasteiger charge is -2.39. The van der Waals surface area contributed by atoms with Crippen LogP contribution in [-0.4, -0.2) is 8.07 Å². The van der Waals surface area contributed by atoms with Crippen molar-refractivity contribution in [3.05, 3.63) is 115 Å². The predicted molar refractivity (Wildman–Crippen MR) is 120 cm³/mol. The molecule has 3 aromatic carbocycles. The Morgan fingerprint density at radius 3 is 1.52 bits per heavy atom. The number of benzene rings is 3. The SMILES string of the molecule is CCCC1=CC=CC1[Si](c1ccccc1)(c1ccccc1)c1ccccc1. The second kappa shape index (κ2) is 7.94. The Labute approximate surface area is 163 Å². The number of hydrogen-bond donors (Lipinski definition) is 0. The zero-order valence-corrected chi connectivity index (χ0v) is 16.9. The molecule has 0 spiro atoms. The molecule has 0 fully saturated rings. The van der Waals surface area contributed by atoms with E-state index in [0.717, 1.165) is 0 Å².